The first kappa shape index (κ1) is 19.2. The quantitative estimate of drug-likeness (QED) is 0.461. The van der Waals surface area contributed by atoms with Crippen LogP contribution >= 0.6 is 0 Å². The van der Waals surface area contributed by atoms with Gasteiger partial charge in [-0.05, 0) is 54.5 Å². The van der Waals surface area contributed by atoms with Crippen LogP contribution in [0.1, 0.15) is 42.9 Å². The summed E-state index contributed by atoms with van der Waals surface area (Å²) < 4.78 is 26.3. The van der Waals surface area contributed by atoms with Crippen LogP contribution in [0.15, 0.2) is 54.9 Å². The molecule has 0 saturated carbocycles. The van der Waals surface area contributed by atoms with Crippen molar-refractivity contribution in [3.05, 3.63) is 83.2 Å². The van der Waals surface area contributed by atoms with Crippen LogP contribution in [-0.2, 0) is 19.3 Å². The number of benzene rings is 2. The van der Waals surface area contributed by atoms with Crippen molar-refractivity contribution < 1.29 is 8.78 Å². The minimum atomic E-state index is -0.806. The van der Waals surface area contributed by atoms with E-state index in [1.807, 2.05) is 36.7 Å². The number of aryl methyl sites for hydroxylation is 3. The first-order valence-corrected chi connectivity index (χ1v) is 9.50. The van der Waals surface area contributed by atoms with Crippen molar-refractivity contribution in [1.29, 1.82) is 0 Å². The van der Waals surface area contributed by atoms with Crippen LogP contribution < -0.4 is 0 Å². The summed E-state index contributed by atoms with van der Waals surface area (Å²) in [6.45, 7) is 2.20. The Morgan fingerprint density at radius 2 is 1.37 bits per heavy atom. The molecule has 27 heavy (non-hydrogen) atoms. The number of hydrogen-bond acceptors (Lipinski definition) is 2. The van der Waals surface area contributed by atoms with Gasteiger partial charge < -0.3 is 0 Å². The van der Waals surface area contributed by atoms with Gasteiger partial charge in [0.2, 0.25) is 0 Å². The van der Waals surface area contributed by atoms with Crippen molar-refractivity contribution in [2.24, 2.45) is 0 Å². The topological polar surface area (TPSA) is 25.8 Å². The van der Waals surface area contributed by atoms with Gasteiger partial charge in [-0.2, -0.15) is 0 Å². The number of nitrogens with zero attached hydrogens (tertiary/aromatic N) is 2. The summed E-state index contributed by atoms with van der Waals surface area (Å²) in [5.74, 6) is -0.876. The SMILES string of the molecule is CCCCCc1cnc(-c2ccc(CCc3ccc(F)c(F)c3)cc2)nc1. The summed E-state index contributed by atoms with van der Waals surface area (Å²) in [5.41, 5.74) is 4.08. The molecule has 0 spiro atoms. The van der Waals surface area contributed by atoms with Crippen molar-refractivity contribution >= 4 is 0 Å². The van der Waals surface area contributed by atoms with Crippen molar-refractivity contribution in [1.82, 2.24) is 9.97 Å². The molecule has 140 valence electrons. The Balaban J connectivity index is 1.58. The third kappa shape index (κ3) is 5.43. The highest BCUT2D eigenvalue weighted by Gasteiger charge is 2.05. The third-order valence-electron chi connectivity index (χ3n) is 4.67. The average molecular weight is 366 g/mol. The normalized spacial score (nSPS) is 10.9. The maximum atomic E-state index is 13.3. The lowest BCUT2D eigenvalue weighted by atomic mass is 10.0. The minimum Gasteiger partial charge on any atom is -0.236 e. The third-order valence-corrected chi connectivity index (χ3v) is 4.67. The number of halogens is 2. The molecule has 4 heteroatoms. The number of rotatable bonds is 8. The fraction of sp³-hybridized carbons (Fsp3) is 0.304. The van der Waals surface area contributed by atoms with Gasteiger partial charge in [-0.15, -0.1) is 0 Å². The lowest BCUT2D eigenvalue weighted by Gasteiger charge is -2.06. The van der Waals surface area contributed by atoms with Gasteiger partial charge >= 0.3 is 0 Å². The van der Waals surface area contributed by atoms with Crippen LogP contribution in [0.4, 0.5) is 8.78 Å². The highest BCUT2D eigenvalue weighted by molar-refractivity contribution is 5.55. The van der Waals surface area contributed by atoms with Crippen LogP contribution in [0, 0.1) is 11.6 Å². The summed E-state index contributed by atoms with van der Waals surface area (Å²) in [7, 11) is 0. The van der Waals surface area contributed by atoms with Gasteiger partial charge in [0, 0.05) is 18.0 Å². The van der Waals surface area contributed by atoms with E-state index in [1.165, 1.54) is 37.0 Å². The molecule has 0 aliphatic heterocycles. The van der Waals surface area contributed by atoms with Gasteiger partial charge in [-0.1, -0.05) is 50.1 Å². The van der Waals surface area contributed by atoms with E-state index < -0.39 is 11.6 Å². The first-order valence-electron chi connectivity index (χ1n) is 9.50. The van der Waals surface area contributed by atoms with E-state index in [9.17, 15) is 8.78 Å². The molecule has 0 bridgehead atoms. The molecule has 0 amide bonds. The Morgan fingerprint density at radius 1 is 0.704 bits per heavy atom. The summed E-state index contributed by atoms with van der Waals surface area (Å²) in [6.07, 6.45) is 9.89. The highest BCUT2D eigenvalue weighted by Crippen LogP contribution is 2.18. The maximum absolute atomic E-state index is 13.3. The molecule has 2 aromatic carbocycles. The predicted molar refractivity (Wildman–Crippen MR) is 104 cm³/mol. The van der Waals surface area contributed by atoms with Crippen LogP contribution in [0.3, 0.4) is 0 Å². The van der Waals surface area contributed by atoms with Gasteiger partial charge in [0.1, 0.15) is 0 Å². The molecule has 3 rings (SSSR count). The standard InChI is InChI=1S/C23H24F2N2/c1-2-3-4-5-19-15-26-23(27-16-19)20-11-8-17(9-12-20)6-7-18-10-13-21(24)22(25)14-18/h8-16H,2-7H2,1H3. The van der Waals surface area contributed by atoms with Crippen molar-refractivity contribution in [2.75, 3.05) is 0 Å². The zero-order valence-electron chi connectivity index (χ0n) is 15.6. The molecule has 1 heterocycles. The second-order valence-electron chi connectivity index (χ2n) is 6.82. The molecular weight excluding hydrogens is 342 g/mol. The van der Waals surface area contributed by atoms with Crippen molar-refractivity contribution in [3.8, 4) is 11.4 Å². The van der Waals surface area contributed by atoms with E-state index in [0.29, 0.717) is 6.42 Å². The zero-order chi connectivity index (χ0) is 19.1. The molecule has 2 nitrogen and oxygen atoms in total. The maximum Gasteiger partial charge on any atom is 0.159 e. The molecule has 0 aliphatic rings. The summed E-state index contributed by atoms with van der Waals surface area (Å²) >= 11 is 0. The van der Waals surface area contributed by atoms with E-state index in [1.54, 1.807) is 6.07 Å². The Kier molecular flexibility index (Phi) is 6.64. The summed E-state index contributed by atoms with van der Waals surface area (Å²) in [4.78, 5) is 8.96. The molecule has 0 aliphatic carbocycles. The Morgan fingerprint density at radius 3 is 2.04 bits per heavy atom. The largest absolute Gasteiger partial charge is 0.236 e. The Hall–Kier alpha value is -2.62. The second-order valence-corrected chi connectivity index (χ2v) is 6.82. The molecule has 0 unspecified atom stereocenters. The van der Waals surface area contributed by atoms with Gasteiger partial charge in [-0.25, -0.2) is 18.7 Å². The van der Waals surface area contributed by atoms with Crippen LogP contribution in [0.5, 0.6) is 0 Å². The van der Waals surface area contributed by atoms with Gasteiger partial charge in [-0.3, -0.25) is 0 Å². The monoisotopic (exact) mass is 366 g/mol. The zero-order valence-corrected chi connectivity index (χ0v) is 15.6. The van der Waals surface area contributed by atoms with E-state index in [-0.39, 0.29) is 0 Å². The predicted octanol–water partition coefficient (Wildman–Crippen LogP) is 5.94. The van der Waals surface area contributed by atoms with Crippen LogP contribution in [0.2, 0.25) is 0 Å². The van der Waals surface area contributed by atoms with E-state index in [2.05, 4.69) is 16.9 Å². The Labute approximate surface area is 159 Å². The second kappa shape index (κ2) is 9.36. The van der Waals surface area contributed by atoms with Crippen LogP contribution in [-0.4, -0.2) is 9.97 Å². The van der Waals surface area contributed by atoms with E-state index in [4.69, 9.17) is 0 Å². The van der Waals surface area contributed by atoms with Crippen LogP contribution in [0.25, 0.3) is 11.4 Å². The molecule has 0 saturated heterocycles. The van der Waals surface area contributed by atoms with E-state index >= 15 is 0 Å². The average Bonchev–Trinajstić information content (AvgIpc) is 2.70. The first-order chi connectivity index (χ1) is 13.2. The molecular formula is C23H24F2N2. The lowest BCUT2D eigenvalue weighted by molar-refractivity contribution is 0.507. The smallest absolute Gasteiger partial charge is 0.159 e. The van der Waals surface area contributed by atoms with Gasteiger partial charge in [0.25, 0.3) is 0 Å². The summed E-state index contributed by atoms with van der Waals surface area (Å²) in [5, 5.41) is 0. The highest BCUT2D eigenvalue weighted by atomic mass is 19.2. The Bertz CT molecular complexity index is 859. The molecule has 0 N–H and O–H groups in total. The van der Waals surface area contributed by atoms with Crippen molar-refractivity contribution in [2.45, 2.75) is 45.4 Å². The fourth-order valence-electron chi connectivity index (χ4n) is 3.02. The van der Waals surface area contributed by atoms with Gasteiger partial charge in [0.15, 0.2) is 17.5 Å². The molecule has 0 atom stereocenters. The summed E-state index contributed by atoms with van der Waals surface area (Å²) in [6, 6.07) is 12.2. The van der Waals surface area contributed by atoms with Crippen molar-refractivity contribution in [3.63, 3.8) is 0 Å². The number of aromatic nitrogens is 2. The number of unbranched alkanes of at least 4 members (excludes halogenated alkanes) is 2. The number of hydrogen-bond donors (Lipinski definition) is 0. The lowest BCUT2D eigenvalue weighted by Crippen LogP contribution is -1.95. The van der Waals surface area contributed by atoms with Gasteiger partial charge in [0.05, 0.1) is 0 Å². The van der Waals surface area contributed by atoms with E-state index in [0.717, 1.165) is 35.4 Å². The fourth-order valence-corrected chi connectivity index (χ4v) is 3.02. The molecule has 0 fully saturated rings. The molecule has 3 aromatic rings. The molecule has 1 aromatic heterocycles. The minimum absolute atomic E-state index is 0.666. The molecule has 0 radical (unpaired) electrons.